The number of carboxylic acids is 1. The summed E-state index contributed by atoms with van der Waals surface area (Å²) >= 11 is 0. The van der Waals surface area contributed by atoms with E-state index in [9.17, 15) is 9.18 Å². The van der Waals surface area contributed by atoms with Crippen LogP contribution >= 0.6 is 0 Å². The third kappa shape index (κ3) is 8.11. The quantitative estimate of drug-likeness (QED) is 0.244. The normalized spacial score (nSPS) is 18.9. The lowest BCUT2D eigenvalue weighted by atomic mass is 9.84. The molecule has 1 heterocycles. The van der Waals surface area contributed by atoms with Crippen LogP contribution in [0.5, 0.6) is 5.75 Å². The fraction of sp³-hybridized carbons (Fsp3) is 0.531. The minimum atomic E-state index is -1.54. The number of carbonyl (C=O) groups is 1. The number of hydrogen-bond acceptors (Lipinski definition) is 5. The van der Waals surface area contributed by atoms with Gasteiger partial charge in [0, 0.05) is 36.9 Å². The van der Waals surface area contributed by atoms with Crippen molar-refractivity contribution in [3.8, 4) is 5.75 Å². The summed E-state index contributed by atoms with van der Waals surface area (Å²) in [5.74, 6) is -2.28. The molecule has 224 valence electrons. The van der Waals surface area contributed by atoms with E-state index in [1.165, 1.54) is 26.0 Å². The fourth-order valence-electron chi connectivity index (χ4n) is 5.80. The molecule has 2 aromatic carbocycles. The van der Waals surface area contributed by atoms with Crippen LogP contribution < -0.4 is 4.74 Å². The third-order valence-corrected chi connectivity index (χ3v) is 7.52. The van der Waals surface area contributed by atoms with Crippen LogP contribution in [0.1, 0.15) is 69.2 Å². The van der Waals surface area contributed by atoms with E-state index in [0.29, 0.717) is 39.1 Å². The number of rotatable bonds is 15. The first-order valence-corrected chi connectivity index (χ1v) is 14.3. The molecule has 0 bridgehead atoms. The van der Waals surface area contributed by atoms with E-state index >= 15 is 8.78 Å². The van der Waals surface area contributed by atoms with Crippen LogP contribution in [0.15, 0.2) is 42.0 Å². The second-order valence-electron chi connectivity index (χ2n) is 11.5. The molecule has 0 aromatic heterocycles. The second-order valence-corrected chi connectivity index (χ2v) is 11.5. The molecular formula is C32H40F3NO5. The van der Waals surface area contributed by atoms with Crippen molar-refractivity contribution in [3.63, 3.8) is 0 Å². The Labute approximate surface area is 240 Å². The lowest BCUT2D eigenvalue weighted by Crippen LogP contribution is -2.47. The number of fused-ring (bicyclic) bond motifs is 2. The lowest BCUT2D eigenvalue weighted by molar-refractivity contribution is -0.142. The van der Waals surface area contributed by atoms with Crippen LogP contribution in [0, 0.1) is 11.6 Å². The second kappa shape index (κ2) is 13.9. The molecule has 0 amide bonds. The zero-order valence-electron chi connectivity index (χ0n) is 24.1. The summed E-state index contributed by atoms with van der Waals surface area (Å²) in [6.45, 7) is 6.04. The number of aliphatic carboxylic acids is 1. The van der Waals surface area contributed by atoms with Crippen molar-refractivity contribution in [2.75, 3.05) is 39.6 Å². The SMILES string of the molecule is C[C@@H]1CC2=C(Cc3ccccc32)[C@@H](c2c(F)cc(OCCCCCOCCOCC(=O)O)cc2F)N1CC(C)(C)F. The Bertz CT molecular complexity index is 1220. The number of ether oxygens (including phenoxy) is 3. The number of alkyl halides is 1. The highest BCUT2D eigenvalue weighted by atomic mass is 19.1. The van der Waals surface area contributed by atoms with Crippen molar-refractivity contribution in [3.05, 3.63) is 70.3 Å². The monoisotopic (exact) mass is 575 g/mol. The molecule has 1 N–H and O–H groups in total. The average Bonchev–Trinajstić information content (AvgIpc) is 3.25. The molecule has 0 radical (unpaired) electrons. The van der Waals surface area contributed by atoms with Gasteiger partial charge in [-0.1, -0.05) is 24.3 Å². The van der Waals surface area contributed by atoms with Gasteiger partial charge in [-0.05, 0) is 75.1 Å². The molecule has 41 heavy (non-hydrogen) atoms. The molecule has 0 spiro atoms. The summed E-state index contributed by atoms with van der Waals surface area (Å²) in [6, 6.07) is 9.72. The summed E-state index contributed by atoms with van der Waals surface area (Å²) in [5.41, 5.74) is 2.71. The van der Waals surface area contributed by atoms with E-state index in [0.717, 1.165) is 35.1 Å². The topological polar surface area (TPSA) is 68.2 Å². The van der Waals surface area contributed by atoms with E-state index in [1.807, 2.05) is 30.0 Å². The number of benzene rings is 2. The lowest BCUT2D eigenvalue weighted by Gasteiger charge is -2.44. The van der Waals surface area contributed by atoms with Crippen molar-refractivity contribution in [1.29, 1.82) is 0 Å². The number of unbranched alkanes of at least 4 members (excludes halogenated alkanes) is 2. The molecule has 0 saturated carbocycles. The summed E-state index contributed by atoms with van der Waals surface area (Å²) < 4.78 is 62.4. The molecule has 1 aliphatic carbocycles. The molecule has 4 rings (SSSR count). The summed E-state index contributed by atoms with van der Waals surface area (Å²) in [7, 11) is 0. The zero-order chi connectivity index (χ0) is 29.6. The first kappa shape index (κ1) is 31.1. The highest BCUT2D eigenvalue weighted by Crippen LogP contribution is 2.50. The molecule has 0 fully saturated rings. The van der Waals surface area contributed by atoms with Crippen molar-refractivity contribution >= 4 is 11.5 Å². The van der Waals surface area contributed by atoms with Crippen LogP contribution in [0.2, 0.25) is 0 Å². The maximum Gasteiger partial charge on any atom is 0.329 e. The Kier molecular flexibility index (Phi) is 10.5. The molecule has 9 heteroatoms. The minimum Gasteiger partial charge on any atom is -0.493 e. The van der Waals surface area contributed by atoms with Gasteiger partial charge in [0.05, 0.1) is 25.9 Å². The Balaban J connectivity index is 1.40. The first-order valence-electron chi connectivity index (χ1n) is 14.3. The summed E-state index contributed by atoms with van der Waals surface area (Å²) in [5, 5.41) is 8.51. The average molecular weight is 576 g/mol. The van der Waals surface area contributed by atoms with E-state index in [2.05, 4.69) is 6.07 Å². The number of carboxylic acid groups (broad SMARTS) is 1. The minimum absolute atomic E-state index is 0.0575. The maximum atomic E-state index is 15.7. The zero-order valence-corrected chi connectivity index (χ0v) is 24.1. The van der Waals surface area contributed by atoms with Gasteiger partial charge in [0.15, 0.2) is 0 Å². The predicted octanol–water partition coefficient (Wildman–Crippen LogP) is 6.53. The van der Waals surface area contributed by atoms with Crippen molar-refractivity contribution in [1.82, 2.24) is 4.90 Å². The first-order chi connectivity index (χ1) is 19.5. The fourth-order valence-corrected chi connectivity index (χ4v) is 5.80. The molecule has 1 aliphatic heterocycles. The van der Waals surface area contributed by atoms with Gasteiger partial charge in [-0.15, -0.1) is 0 Å². The molecular weight excluding hydrogens is 535 g/mol. The number of nitrogens with zero attached hydrogens (tertiary/aromatic N) is 1. The van der Waals surface area contributed by atoms with Gasteiger partial charge in [-0.25, -0.2) is 18.0 Å². The number of halogens is 3. The maximum absolute atomic E-state index is 15.7. The Hall–Kier alpha value is -2.88. The highest BCUT2D eigenvalue weighted by molar-refractivity contribution is 5.79. The van der Waals surface area contributed by atoms with Gasteiger partial charge in [0.2, 0.25) is 0 Å². The van der Waals surface area contributed by atoms with E-state index < -0.39 is 29.3 Å². The standard InChI is InChI=1S/C32H40F3NO5/c1-21-15-25-24-10-6-5-9-22(24)16-26(25)31(36(21)20-32(2,3)35)30-27(33)17-23(18-28(30)34)41-12-8-4-7-11-39-13-14-40-19-29(37)38/h5-6,9-10,17-18,21,31H,4,7-8,11-16,19-20H2,1-3H3,(H,37,38)/t21-,31+/m1/s1. The third-order valence-electron chi connectivity index (χ3n) is 7.52. The van der Waals surface area contributed by atoms with Crippen LogP contribution in [0.4, 0.5) is 13.2 Å². The summed E-state index contributed by atoms with van der Waals surface area (Å²) in [4.78, 5) is 12.3. The smallest absolute Gasteiger partial charge is 0.329 e. The summed E-state index contributed by atoms with van der Waals surface area (Å²) in [6.07, 6.45) is 3.53. The predicted molar refractivity (Wildman–Crippen MR) is 151 cm³/mol. The molecule has 6 nitrogen and oxygen atoms in total. The van der Waals surface area contributed by atoms with E-state index in [4.69, 9.17) is 19.3 Å². The van der Waals surface area contributed by atoms with Gasteiger partial charge in [0.25, 0.3) is 0 Å². The molecule has 0 unspecified atom stereocenters. The Morgan fingerprint density at radius 1 is 1.02 bits per heavy atom. The van der Waals surface area contributed by atoms with Crippen LogP contribution in [-0.2, 0) is 20.7 Å². The molecule has 2 aliphatic rings. The van der Waals surface area contributed by atoms with Gasteiger partial charge >= 0.3 is 5.97 Å². The van der Waals surface area contributed by atoms with Crippen LogP contribution in [0.3, 0.4) is 0 Å². The molecule has 2 aromatic rings. The largest absolute Gasteiger partial charge is 0.493 e. The van der Waals surface area contributed by atoms with Gasteiger partial charge in [-0.2, -0.15) is 0 Å². The van der Waals surface area contributed by atoms with Crippen LogP contribution in [0.25, 0.3) is 5.57 Å². The Morgan fingerprint density at radius 3 is 2.41 bits per heavy atom. The van der Waals surface area contributed by atoms with Gasteiger partial charge in [-0.3, -0.25) is 4.90 Å². The van der Waals surface area contributed by atoms with Crippen molar-refractivity contribution in [2.45, 2.75) is 70.6 Å². The number of hydrogen-bond donors (Lipinski definition) is 1. The van der Waals surface area contributed by atoms with E-state index in [-0.39, 0.29) is 37.1 Å². The van der Waals surface area contributed by atoms with Crippen LogP contribution in [-0.4, -0.2) is 67.3 Å². The van der Waals surface area contributed by atoms with Gasteiger partial charge < -0.3 is 19.3 Å². The van der Waals surface area contributed by atoms with Crippen molar-refractivity contribution < 1.29 is 37.3 Å². The van der Waals surface area contributed by atoms with Crippen molar-refractivity contribution in [2.24, 2.45) is 0 Å². The molecule has 2 atom stereocenters. The molecule has 0 saturated heterocycles. The van der Waals surface area contributed by atoms with E-state index in [1.54, 1.807) is 0 Å². The Morgan fingerprint density at radius 2 is 1.71 bits per heavy atom. The highest BCUT2D eigenvalue weighted by Gasteiger charge is 2.42. The van der Waals surface area contributed by atoms with Gasteiger partial charge in [0.1, 0.15) is 29.7 Å².